The van der Waals surface area contributed by atoms with E-state index in [1.165, 1.54) is 0 Å². The predicted molar refractivity (Wildman–Crippen MR) is 92.3 cm³/mol. The average molecular weight is 329 g/mol. The van der Waals surface area contributed by atoms with Gasteiger partial charge in [-0.2, -0.15) is 0 Å². The summed E-state index contributed by atoms with van der Waals surface area (Å²) >= 11 is 0. The number of fused-ring (bicyclic) bond motifs is 1. The molecule has 0 aliphatic carbocycles. The fourth-order valence-electron chi connectivity index (χ4n) is 3.06. The van der Waals surface area contributed by atoms with Crippen molar-refractivity contribution in [3.8, 4) is 5.75 Å². The minimum atomic E-state index is -0.608. The number of amides is 1. The molecule has 0 unspecified atom stereocenters. The number of hydrogen-bond donors (Lipinski definition) is 3. The van der Waals surface area contributed by atoms with Crippen molar-refractivity contribution in [1.29, 1.82) is 0 Å². The monoisotopic (exact) mass is 329 g/mol. The lowest BCUT2D eigenvalue weighted by atomic mass is 10.1. The van der Waals surface area contributed by atoms with Gasteiger partial charge < -0.3 is 21.5 Å². The van der Waals surface area contributed by atoms with E-state index < -0.39 is 6.04 Å². The van der Waals surface area contributed by atoms with E-state index in [4.69, 9.17) is 11.5 Å². The molecule has 1 aromatic heterocycles. The summed E-state index contributed by atoms with van der Waals surface area (Å²) in [5.41, 5.74) is 12.9. The van der Waals surface area contributed by atoms with Crippen molar-refractivity contribution in [3.63, 3.8) is 0 Å². The zero-order chi connectivity index (χ0) is 17.1. The van der Waals surface area contributed by atoms with Crippen LogP contribution in [-0.2, 0) is 11.3 Å². The van der Waals surface area contributed by atoms with Gasteiger partial charge in [-0.05, 0) is 17.7 Å². The minimum Gasteiger partial charge on any atom is -0.506 e. The maximum atomic E-state index is 12.1. The molecule has 1 fully saturated rings. The quantitative estimate of drug-likeness (QED) is 0.721. The Balaban J connectivity index is 1.67. The van der Waals surface area contributed by atoms with Gasteiger partial charge in [-0.15, -0.1) is 0 Å². The normalized spacial score (nSPS) is 17.2. The van der Waals surface area contributed by atoms with Crippen LogP contribution in [0, 0.1) is 0 Å². The molecule has 128 valence electrons. The molecule has 0 spiro atoms. The number of phenolic OH excluding ortho intramolecular Hbond substituents is 1. The van der Waals surface area contributed by atoms with E-state index in [-0.39, 0.29) is 18.2 Å². The molecular formula is C17H23N5O2. The van der Waals surface area contributed by atoms with Crippen molar-refractivity contribution in [2.45, 2.75) is 12.6 Å². The highest BCUT2D eigenvalue weighted by Crippen LogP contribution is 2.26. The summed E-state index contributed by atoms with van der Waals surface area (Å²) in [5, 5.41) is 10.9. The molecule has 1 aromatic carbocycles. The van der Waals surface area contributed by atoms with Crippen LogP contribution in [0.4, 0.5) is 0 Å². The molecule has 1 aliphatic rings. The third-order valence-corrected chi connectivity index (χ3v) is 4.49. The molecule has 1 saturated heterocycles. The molecule has 1 atom stereocenters. The Morgan fingerprint density at radius 2 is 2.00 bits per heavy atom. The summed E-state index contributed by atoms with van der Waals surface area (Å²) < 4.78 is 0. The first kappa shape index (κ1) is 16.6. The number of piperazine rings is 1. The summed E-state index contributed by atoms with van der Waals surface area (Å²) in [5.74, 6) is 0.122. The van der Waals surface area contributed by atoms with Crippen LogP contribution in [0.1, 0.15) is 5.56 Å². The number of aromatic nitrogens is 1. The van der Waals surface area contributed by atoms with Crippen LogP contribution in [0.25, 0.3) is 10.9 Å². The third kappa shape index (κ3) is 3.33. The average Bonchev–Trinajstić information content (AvgIpc) is 2.63. The lowest BCUT2D eigenvalue weighted by Gasteiger charge is -2.36. The number of nitrogens with zero attached hydrogens (tertiary/aromatic N) is 3. The summed E-state index contributed by atoms with van der Waals surface area (Å²) in [6.45, 7) is 3.80. The Morgan fingerprint density at radius 1 is 1.25 bits per heavy atom. The number of hydrogen-bond acceptors (Lipinski definition) is 6. The predicted octanol–water partition coefficient (Wildman–Crippen LogP) is -0.129. The molecule has 0 bridgehead atoms. The SMILES string of the molecule is NC[C@@H](N)C(=O)N1CCN(Cc2ccc(O)c3ncccc23)CC1. The molecule has 24 heavy (non-hydrogen) atoms. The summed E-state index contributed by atoms with van der Waals surface area (Å²) in [4.78, 5) is 20.4. The van der Waals surface area contributed by atoms with Gasteiger partial charge in [0.25, 0.3) is 0 Å². The zero-order valence-electron chi connectivity index (χ0n) is 13.6. The van der Waals surface area contributed by atoms with Crippen LogP contribution >= 0.6 is 0 Å². The van der Waals surface area contributed by atoms with Crippen molar-refractivity contribution in [3.05, 3.63) is 36.0 Å². The summed E-state index contributed by atoms with van der Waals surface area (Å²) in [6.07, 6.45) is 1.68. The topological polar surface area (TPSA) is 109 Å². The highest BCUT2D eigenvalue weighted by molar-refractivity contribution is 5.87. The van der Waals surface area contributed by atoms with Crippen LogP contribution in [-0.4, -0.2) is 64.6 Å². The molecular weight excluding hydrogens is 306 g/mol. The zero-order valence-corrected chi connectivity index (χ0v) is 13.6. The van der Waals surface area contributed by atoms with E-state index in [0.717, 1.165) is 30.6 Å². The molecule has 5 N–H and O–H groups in total. The van der Waals surface area contributed by atoms with Gasteiger partial charge in [-0.1, -0.05) is 12.1 Å². The molecule has 2 heterocycles. The van der Waals surface area contributed by atoms with Gasteiger partial charge >= 0.3 is 0 Å². The molecule has 3 rings (SSSR count). The van der Waals surface area contributed by atoms with Crippen molar-refractivity contribution in [2.75, 3.05) is 32.7 Å². The van der Waals surface area contributed by atoms with Crippen LogP contribution < -0.4 is 11.5 Å². The number of carbonyl (C=O) groups excluding carboxylic acids is 1. The van der Waals surface area contributed by atoms with Crippen LogP contribution in [0.15, 0.2) is 30.5 Å². The Kier molecular flexibility index (Phi) is 4.94. The molecule has 1 aliphatic heterocycles. The maximum Gasteiger partial charge on any atom is 0.240 e. The second-order valence-corrected chi connectivity index (χ2v) is 6.09. The van der Waals surface area contributed by atoms with Crippen molar-refractivity contribution < 1.29 is 9.90 Å². The lowest BCUT2D eigenvalue weighted by Crippen LogP contribution is -2.54. The van der Waals surface area contributed by atoms with Crippen molar-refractivity contribution >= 4 is 16.8 Å². The van der Waals surface area contributed by atoms with E-state index in [9.17, 15) is 9.90 Å². The van der Waals surface area contributed by atoms with Gasteiger partial charge in [0.2, 0.25) is 5.91 Å². The van der Waals surface area contributed by atoms with Gasteiger partial charge in [0.05, 0.1) is 6.04 Å². The highest BCUT2D eigenvalue weighted by atomic mass is 16.3. The summed E-state index contributed by atoms with van der Waals surface area (Å²) in [7, 11) is 0. The van der Waals surface area contributed by atoms with E-state index >= 15 is 0 Å². The second kappa shape index (κ2) is 7.12. The van der Waals surface area contributed by atoms with Gasteiger partial charge in [-0.25, -0.2) is 0 Å². The minimum absolute atomic E-state index is 0.0727. The largest absolute Gasteiger partial charge is 0.506 e. The number of aromatic hydroxyl groups is 1. The third-order valence-electron chi connectivity index (χ3n) is 4.49. The first-order chi connectivity index (χ1) is 11.6. The Bertz CT molecular complexity index is 728. The Hall–Kier alpha value is -2.22. The number of rotatable bonds is 4. The molecule has 2 aromatic rings. The smallest absolute Gasteiger partial charge is 0.240 e. The molecule has 1 amide bonds. The van der Waals surface area contributed by atoms with Crippen molar-refractivity contribution in [2.24, 2.45) is 11.5 Å². The first-order valence-corrected chi connectivity index (χ1v) is 8.12. The standard InChI is InChI=1S/C17H23N5O2/c18-10-14(19)17(24)22-8-6-21(7-9-22)11-12-3-4-15(23)16-13(12)2-1-5-20-16/h1-5,14,23H,6-11,18-19H2/t14-/m1/s1. The fourth-order valence-corrected chi connectivity index (χ4v) is 3.06. The number of phenols is 1. The van der Waals surface area contributed by atoms with E-state index in [0.29, 0.717) is 18.6 Å². The van der Waals surface area contributed by atoms with E-state index in [2.05, 4.69) is 9.88 Å². The van der Waals surface area contributed by atoms with Crippen LogP contribution in [0.5, 0.6) is 5.75 Å². The van der Waals surface area contributed by atoms with E-state index in [1.54, 1.807) is 17.2 Å². The lowest BCUT2D eigenvalue weighted by molar-refractivity contribution is -0.134. The summed E-state index contributed by atoms with van der Waals surface area (Å²) in [6, 6.07) is 6.85. The molecule has 0 saturated carbocycles. The number of nitrogens with two attached hydrogens (primary N) is 2. The van der Waals surface area contributed by atoms with E-state index in [1.807, 2.05) is 18.2 Å². The van der Waals surface area contributed by atoms with Gasteiger partial charge in [0.1, 0.15) is 11.3 Å². The second-order valence-electron chi connectivity index (χ2n) is 6.09. The molecule has 7 heteroatoms. The van der Waals surface area contributed by atoms with Gasteiger partial charge in [0.15, 0.2) is 0 Å². The first-order valence-electron chi connectivity index (χ1n) is 8.12. The number of benzene rings is 1. The highest BCUT2D eigenvalue weighted by Gasteiger charge is 2.24. The van der Waals surface area contributed by atoms with Gasteiger partial charge in [-0.3, -0.25) is 14.7 Å². The number of carbonyl (C=O) groups is 1. The van der Waals surface area contributed by atoms with Crippen LogP contribution in [0.2, 0.25) is 0 Å². The number of pyridine rings is 1. The Labute approximate surface area is 140 Å². The Morgan fingerprint density at radius 3 is 2.71 bits per heavy atom. The molecule has 0 radical (unpaired) electrons. The van der Waals surface area contributed by atoms with Crippen molar-refractivity contribution in [1.82, 2.24) is 14.8 Å². The molecule has 7 nitrogen and oxygen atoms in total. The maximum absolute atomic E-state index is 12.1. The van der Waals surface area contributed by atoms with Gasteiger partial charge in [0, 0.05) is 50.9 Å². The van der Waals surface area contributed by atoms with Crippen LogP contribution in [0.3, 0.4) is 0 Å². The fraction of sp³-hybridized carbons (Fsp3) is 0.412.